The summed E-state index contributed by atoms with van der Waals surface area (Å²) in [4.78, 5) is 30.3. The number of piperidine rings is 1. The molecule has 0 atom stereocenters. The summed E-state index contributed by atoms with van der Waals surface area (Å²) in [6.45, 7) is 1.26. The number of nitrogens with one attached hydrogen (secondary N) is 1. The van der Waals surface area contributed by atoms with E-state index in [0.717, 1.165) is 0 Å². The SMILES string of the molecule is Cl.O=C(O)C1CCN(c2cc(=O)[nH]cn2)CC1. The fourth-order valence-electron chi connectivity index (χ4n) is 1.89. The number of hydrogen-bond acceptors (Lipinski definition) is 4. The van der Waals surface area contributed by atoms with Gasteiger partial charge < -0.3 is 15.0 Å². The molecule has 1 saturated heterocycles. The molecule has 2 N–H and O–H groups in total. The van der Waals surface area contributed by atoms with E-state index in [1.165, 1.54) is 12.4 Å². The highest BCUT2D eigenvalue weighted by Crippen LogP contribution is 2.20. The number of nitrogens with zero attached hydrogens (tertiary/aromatic N) is 2. The van der Waals surface area contributed by atoms with Crippen molar-refractivity contribution in [2.24, 2.45) is 5.92 Å². The zero-order valence-electron chi connectivity index (χ0n) is 9.13. The Morgan fingerprint density at radius 2 is 2.12 bits per heavy atom. The average Bonchev–Trinajstić information content (AvgIpc) is 2.29. The second kappa shape index (κ2) is 5.67. The number of anilines is 1. The van der Waals surface area contributed by atoms with E-state index in [1.54, 1.807) is 0 Å². The number of aliphatic carboxylic acids is 1. The van der Waals surface area contributed by atoms with Crippen molar-refractivity contribution < 1.29 is 9.90 Å². The summed E-state index contributed by atoms with van der Waals surface area (Å²) >= 11 is 0. The van der Waals surface area contributed by atoms with E-state index in [-0.39, 0.29) is 23.9 Å². The molecule has 0 spiro atoms. The van der Waals surface area contributed by atoms with Gasteiger partial charge in [0.25, 0.3) is 5.56 Å². The highest BCUT2D eigenvalue weighted by Gasteiger charge is 2.24. The third-order valence-electron chi connectivity index (χ3n) is 2.83. The first kappa shape index (κ1) is 13.5. The van der Waals surface area contributed by atoms with Crippen LogP contribution in [0.15, 0.2) is 17.2 Å². The van der Waals surface area contributed by atoms with E-state index in [0.29, 0.717) is 31.7 Å². The van der Waals surface area contributed by atoms with E-state index in [4.69, 9.17) is 5.11 Å². The van der Waals surface area contributed by atoms with Crippen molar-refractivity contribution in [3.05, 3.63) is 22.7 Å². The van der Waals surface area contributed by atoms with Crippen LogP contribution in [0.25, 0.3) is 0 Å². The molecular weight excluding hydrogens is 246 g/mol. The molecular formula is C10H14ClN3O3. The number of carbonyl (C=O) groups is 1. The zero-order chi connectivity index (χ0) is 11.5. The Morgan fingerprint density at radius 1 is 1.47 bits per heavy atom. The van der Waals surface area contributed by atoms with Crippen LogP contribution < -0.4 is 10.5 Å². The van der Waals surface area contributed by atoms with Crippen LogP contribution >= 0.6 is 12.4 Å². The van der Waals surface area contributed by atoms with Gasteiger partial charge in [0.1, 0.15) is 5.82 Å². The molecule has 7 heteroatoms. The summed E-state index contributed by atoms with van der Waals surface area (Å²) in [5.41, 5.74) is -0.189. The Bertz CT molecular complexity index is 440. The van der Waals surface area contributed by atoms with Crippen LogP contribution in [-0.4, -0.2) is 34.1 Å². The van der Waals surface area contributed by atoms with Crippen LogP contribution in [0.1, 0.15) is 12.8 Å². The number of hydrogen-bond donors (Lipinski definition) is 2. The lowest BCUT2D eigenvalue weighted by Gasteiger charge is -2.30. The molecule has 0 saturated carbocycles. The molecule has 1 aliphatic rings. The summed E-state index contributed by atoms with van der Waals surface area (Å²) in [7, 11) is 0. The molecule has 17 heavy (non-hydrogen) atoms. The molecule has 1 aliphatic heterocycles. The monoisotopic (exact) mass is 259 g/mol. The molecule has 0 radical (unpaired) electrons. The molecule has 1 aromatic rings. The van der Waals surface area contributed by atoms with E-state index >= 15 is 0 Å². The maximum absolute atomic E-state index is 11.1. The van der Waals surface area contributed by atoms with Crippen LogP contribution in [0, 0.1) is 5.92 Å². The number of halogens is 1. The number of aromatic amines is 1. The fraction of sp³-hybridized carbons (Fsp3) is 0.500. The van der Waals surface area contributed by atoms with E-state index in [1.807, 2.05) is 4.90 Å². The first-order chi connectivity index (χ1) is 7.66. The topological polar surface area (TPSA) is 86.3 Å². The van der Waals surface area contributed by atoms with Gasteiger partial charge in [-0.25, -0.2) is 4.98 Å². The van der Waals surface area contributed by atoms with E-state index < -0.39 is 5.97 Å². The molecule has 1 aromatic heterocycles. The minimum atomic E-state index is -0.737. The van der Waals surface area contributed by atoms with Crippen LogP contribution in [0.5, 0.6) is 0 Å². The fourth-order valence-corrected chi connectivity index (χ4v) is 1.89. The van der Waals surface area contributed by atoms with Gasteiger partial charge in [0.05, 0.1) is 12.2 Å². The van der Waals surface area contributed by atoms with Crippen molar-refractivity contribution in [3.8, 4) is 0 Å². The highest BCUT2D eigenvalue weighted by molar-refractivity contribution is 5.85. The molecule has 0 unspecified atom stereocenters. The molecule has 2 rings (SSSR count). The predicted molar refractivity (Wildman–Crippen MR) is 64.7 cm³/mol. The average molecular weight is 260 g/mol. The van der Waals surface area contributed by atoms with Gasteiger partial charge in [0, 0.05) is 19.2 Å². The maximum Gasteiger partial charge on any atom is 0.306 e. The van der Waals surface area contributed by atoms with Gasteiger partial charge in [-0.2, -0.15) is 0 Å². The molecule has 6 nitrogen and oxygen atoms in total. The second-order valence-corrected chi connectivity index (χ2v) is 3.87. The summed E-state index contributed by atoms with van der Waals surface area (Å²) in [5, 5.41) is 8.85. The van der Waals surface area contributed by atoms with Crippen LogP contribution in [-0.2, 0) is 4.79 Å². The van der Waals surface area contributed by atoms with Crippen LogP contribution in [0.3, 0.4) is 0 Å². The Morgan fingerprint density at radius 3 is 2.65 bits per heavy atom. The van der Waals surface area contributed by atoms with Crippen LogP contribution in [0.4, 0.5) is 5.82 Å². The summed E-state index contributed by atoms with van der Waals surface area (Å²) in [5.74, 6) is -0.385. The van der Waals surface area contributed by atoms with Crippen molar-refractivity contribution in [3.63, 3.8) is 0 Å². The lowest BCUT2D eigenvalue weighted by Crippen LogP contribution is -2.37. The molecule has 94 valence electrons. The van der Waals surface area contributed by atoms with Crippen molar-refractivity contribution in [1.29, 1.82) is 0 Å². The standard InChI is InChI=1S/C10H13N3O3.ClH/c14-9-5-8(11-6-12-9)13-3-1-7(2-4-13)10(15)16;/h5-7H,1-4H2,(H,15,16)(H,11,12,14);1H. The van der Waals surface area contributed by atoms with Gasteiger partial charge >= 0.3 is 5.97 Å². The minimum absolute atomic E-state index is 0. The van der Waals surface area contributed by atoms with Crippen molar-refractivity contribution in [2.75, 3.05) is 18.0 Å². The largest absolute Gasteiger partial charge is 0.481 e. The van der Waals surface area contributed by atoms with E-state index in [2.05, 4.69) is 9.97 Å². The van der Waals surface area contributed by atoms with Gasteiger partial charge in [-0.1, -0.05) is 0 Å². The first-order valence-electron chi connectivity index (χ1n) is 5.19. The summed E-state index contributed by atoms with van der Waals surface area (Å²) in [6, 6.07) is 1.43. The Balaban J connectivity index is 0.00000144. The van der Waals surface area contributed by atoms with Crippen molar-refractivity contribution in [1.82, 2.24) is 9.97 Å². The molecule has 0 amide bonds. The maximum atomic E-state index is 11.1. The Hall–Kier alpha value is -1.56. The lowest BCUT2D eigenvalue weighted by molar-refractivity contribution is -0.142. The highest BCUT2D eigenvalue weighted by atomic mass is 35.5. The number of carboxylic acid groups (broad SMARTS) is 1. The number of aromatic nitrogens is 2. The van der Waals surface area contributed by atoms with Gasteiger partial charge in [-0.15, -0.1) is 12.4 Å². The van der Waals surface area contributed by atoms with Gasteiger partial charge in [-0.05, 0) is 12.8 Å². The zero-order valence-corrected chi connectivity index (χ0v) is 9.94. The number of carboxylic acids is 1. The number of H-pyrrole nitrogens is 1. The molecule has 2 heterocycles. The minimum Gasteiger partial charge on any atom is -0.481 e. The van der Waals surface area contributed by atoms with E-state index in [9.17, 15) is 9.59 Å². The first-order valence-corrected chi connectivity index (χ1v) is 5.19. The third kappa shape index (κ3) is 3.20. The lowest BCUT2D eigenvalue weighted by atomic mass is 9.97. The van der Waals surface area contributed by atoms with Crippen molar-refractivity contribution in [2.45, 2.75) is 12.8 Å². The Labute approximate surface area is 104 Å². The quantitative estimate of drug-likeness (QED) is 0.807. The van der Waals surface area contributed by atoms with Crippen molar-refractivity contribution >= 4 is 24.2 Å². The summed E-state index contributed by atoms with van der Waals surface area (Å²) < 4.78 is 0. The molecule has 0 aromatic carbocycles. The Kier molecular flexibility index (Phi) is 4.51. The molecule has 0 bridgehead atoms. The van der Waals surface area contributed by atoms with Crippen LogP contribution in [0.2, 0.25) is 0 Å². The van der Waals surface area contributed by atoms with Gasteiger partial charge in [0.15, 0.2) is 0 Å². The normalized spacial score (nSPS) is 16.4. The van der Waals surface area contributed by atoms with Gasteiger partial charge in [0.2, 0.25) is 0 Å². The predicted octanol–water partition coefficient (Wildman–Crippen LogP) is 0.493. The third-order valence-corrected chi connectivity index (χ3v) is 2.83. The smallest absolute Gasteiger partial charge is 0.306 e. The van der Waals surface area contributed by atoms with Gasteiger partial charge in [-0.3, -0.25) is 9.59 Å². The number of rotatable bonds is 2. The molecule has 1 fully saturated rings. The molecule has 0 aliphatic carbocycles. The second-order valence-electron chi connectivity index (χ2n) is 3.87. The summed E-state index contributed by atoms with van der Waals surface area (Å²) in [6.07, 6.45) is 2.56.